The van der Waals surface area contributed by atoms with Crippen molar-refractivity contribution in [3.63, 3.8) is 0 Å². The maximum absolute atomic E-state index is 10.8. The summed E-state index contributed by atoms with van der Waals surface area (Å²) in [6, 6.07) is 0. The van der Waals surface area contributed by atoms with E-state index in [1.165, 1.54) is 39.8 Å². The number of aliphatic carboxylic acids is 2. The Morgan fingerprint density at radius 1 is 0.735 bits per heavy atom. The summed E-state index contributed by atoms with van der Waals surface area (Å²) < 4.78 is 1.47. The van der Waals surface area contributed by atoms with Crippen LogP contribution < -0.4 is 0 Å². The van der Waals surface area contributed by atoms with Gasteiger partial charge in [0.1, 0.15) is 0 Å². The molecule has 0 amide bonds. The molecule has 0 fully saturated rings. The smallest absolute Gasteiger partial charge is 0.306 e. The Bertz CT molecular complexity index is 344. The fourth-order valence-electron chi connectivity index (χ4n) is 1.77. The Labute approximate surface area is 249 Å². The number of unbranched alkanes of at least 4 members (excludes halogenated alkanes) is 4. The first-order valence-corrected chi connectivity index (χ1v) is 16.0. The van der Waals surface area contributed by atoms with Gasteiger partial charge in [-0.25, -0.2) is 0 Å². The molecule has 0 aromatic heterocycles. The molecule has 0 saturated carbocycles. The predicted molar refractivity (Wildman–Crippen MR) is 165 cm³/mol. The summed E-state index contributed by atoms with van der Waals surface area (Å²) in [5.74, 6) is 0.491. The number of aliphatic hydroxyl groups excluding tert-OH is 3. The van der Waals surface area contributed by atoms with Crippen molar-refractivity contribution in [2.75, 3.05) is 42.8 Å². The molecule has 0 rings (SSSR count). The molecule has 210 valence electrons. The van der Waals surface area contributed by atoms with Crippen LogP contribution in [0.25, 0.3) is 0 Å². The van der Waals surface area contributed by atoms with Crippen LogP contribution in [0.2, 0.25) is 4.44 Å². The maximum Gasteiger partial charge on any atom is 0.306 e. The van der Waals surface area contributed by atoms with E-state index in [4.69, 9.17) is 25.5 Å². The average Bonchev–Trinajstić information content (AvgIpc) is 2.81. The summed E-state index contributed by atoms with van der Waals surface area (Å²) in [6.07, 6.45) is 7.60. The van der Waals surface area contributed by atoms with Crippen molar-refractivity contribution < 1.29 is 35.1 Å². The van der Waals surface area contributed by atoms with Crippen LogP contribution in [-0.2, 0) is 9.59 Å². The van der Waals surface area contributed by atoms with E-state index < -0.39 is 11.9 Å². The van der Waals surface area contributed by atoms with E-state index in [-0.39, 0.29) is 45.7 Å². The first-order chi connectivity index (χ1) is 15.7. The van der Waals surface area contributed by atoms with Gasteiger partial charge in [-0.3, -0.25) is 9.59 Å². The molecule has 1 atom stereocenters. The fraction of sp³-hybridized carbons (Fsp3) is 0.905. The summed E-state index contributed by atoms with van der Waals surface area (Å²) >= 11 is 16.5. The second kappa shape index (κ2) is 51.1. The van der Waals surface area contributed by atoms with Crippen molar-refractivity contribution in [2.45, 2.75) is 69.1 Å². The number of carbonyl (C=O) groups is 2. The molecule has 0 heterocycles. The molecule has 0 spiro atoms. The van der Waals surface area contributed by atoms with Gasteiger partial charge in [-0.15, -0.1) is 0 Å². The van der Waals surface area contributed by atoms with E-state index in [2.05, 4.69) is 57.4 Å². The van der Waals surface area contributed by atoms with E-state index in [1.54, 1.807) is 0 Å². The minimum Gasteiger partial charge on any atom is -0.481 e. The molecule has 1 unspecified atom stereocenters. The molecule has 0 aliphatic carbocycles. The number of aliphatic hydroxyl groups is 3. The number of thiol groups is 4. The molecule has 34 heavy (non-hydrogen) atoms. The summed E-state index contributed by atoms with van der Waals surface area (Å²) in [7, 11) is 0. The molecule has 2 radical (unpaired) electrons. The van der Waals surface area contributed by atoms with Crippen LogP contribution in [0.3, 0.4) is 0 Å². The second-order valence-corrected chi connectivity index (χ2v) is 9.81. The number of hydrogen-bond acceptors (Lipinski definition) is 9. The van der Waals surface area contributed by atoms with Gasteiger partial charge >= 0.3 is 58.7 Å². The number of hydrogen-bond donors (Lipinski definition) is 9. The Morgan fingerprint density at radius 3 is 1.38 bits per heavy atom. The third-order valence-corrected chi connectivity index (χ3v) is 5.40. The molecule has 0 aromatic carbocycles. The van der Waals surface area contributed by atoms with Gasteiger partial charge in [-0.1, -0.05) is 19.3 Å². The molecule has 5 N–H and O–H groups in total. The van der Waals surface area contributed by atoms with Crippen LogP contribution in [0.1, 0.15) is 64.7 Å². The van der Waals surface area contributed by atoms with E-state index in [9.17, 15) is 9.59 Å². The van der Waals surface area contributed by atoms with Gasteiger partial charge in [-0.2, -0.15) is 64.0 Å². The maximum atomic E-state index is 10.8. The van der Waals surface area contributed by atoms with Gasteiger partial charge in [-0.05, 0) is 25.0 Å². The van der Waals surface area contributed by atoms with Crippen molar-refractivity contribution >= 4 is 98.5 Å². The summed E-state index contributed by atoms with van der Waals surface area (Å²) in [5, 5.41) is 40.7. The minimum absolute atomic E-state index is 0. The summed E-state index contributed by atoms with van der Waals surface area (Å²) in [5.41, 5.74) is 0. The molecule has 0 aliphatic rings. The zero-order valence-electron chi connectivity index (χ0n) is 20.5. The third kappa shape index (κ3) is 69.9. The molecular weight excluding hydrogens is 643 g/mol. The quantitative estimate of drug-likeness (QED) is 0.0730. The van der Waals surface area contributed by atoms with Crippen molar-refractivity contribution in [1.29, 1.82) is 0 Å². The van der Waals surface area contributed by atoms with Crippen LogP contribution in [-0.4, -0.2) is 103 Å². The van der Waals surface area contributed by atoms with Gasteiger partial charge < -0.3 is 25.5 Å². The van der Waals surface area contributed by atoms with Crippen molar-refractivity contribution in [3.05, 3.63) is 0 Å². The Hall–Kier alpha value is 1.37. The van der Waals surface area contributed by atoms with E-state index in [0.717, 1.165) is 19.3 Å². The summed E-state index contributed by atoms with van der Waals surface area (Å²) in [6.45, 7) is 2.78. The summed E-state index contributed by atoms with van der Waals surface area (Å²) in [4.78, 5) is 21.0. The van der Waals surface area contributed by atoms with Crippen LogP contribution >= 0.6 is 64.0 Å². The molecule has 0 saturated heterocycles. The topological polar surface area (TPSA) is 135 Å². The Morgan fingerprint density at radius 2 is 1.15 bits per heavy atom. The van der Waals surface area contributed by atoms with Crippen molar-refractivity contribution in [2.24, 2.45) is 5.92 Å². The zero-order chi connectivity index (χ0) is 26.8. The largest absolute Gasteiger partial charge is 0.481 e. The Balaban J connectivity index is -0.0000000890. The van der Waals surface area contributed by atoms with E-state index in [0.29, 0.717) is 42.3 Å². The number of carboxylic acids is 2. The third-order valence-electron chi connectivity index (χ3n) is 3.38. The molecule has 0 aromatic rings. The van der Waals surface area contributed by atoms with Crippen LogP contribution in [0.5, 0.6) is 0 Å². The van der Waals surface area contributed by atoms with Crippen LogP contribution in [0, 0.1) is 5.92 Å². The SMILES string of the molecule is CCC[CH2][SnH].O=C(O)CCCCCCC(CCS)C(=O)O.OCCS.OCCS.OCCS.S. The number of rotatable bonds is 15. The average molecular weight is 694 g/mol. The van der Waals surface area contributed by atoms with Gasteiger partial charge in [0.15, 0.2) is 0 Å². The monoisotopic (exact) mass is 694 g/mol. The van der Waals surface area contributed by atoms with Crippen LogP contribution in [0.4, 0.5) is 0 Å². The zero-order valence-corrected chi connectivity index (χ0v) is 28.4. The fourth-order valence-corrected chi connectivity index (χ4v) is 3.25. The Kier molecular flexibility index (Phi) is 72.8. The first kappa shape index (κ1) is 48.4. The molecular formula is C21H50O7S5Sn. The minimum atomic E-state index is -0.765. The molecule has 0 bridgehead atoms. The normalized spacial score (nSPS) is 9.68. The second-order valence-electron chi connectivity index (χ2n) is 6.38. The predicted octanol–water partition coefficient (Wildman–Crippen LogP) is 3.38. The first-order valence-electron chi connectivity index (χ1n) is 11.1. The van der Waals surface area contributed by atoms with E-state index in [1.807, 2.05) is 0 Å². The van der Waals surface area contributed by atoms with Gasteiger partial charge in [0, 0.05) is 23.7 Å². The van der Waals surface area contributed by atoms with Crippen LogP contribution in [0.15, 0.2) is 0 Å². The number of carboxylic acid groups (broad SMARTS) is 2. The molecule has 13 heteroatoms. The van der Waals surface area contributed by atoms with Gasteiger partial charge in [0.2, 0.25) is 0 Å². The van der Waals surface area contributed by atoms with Gasteiger partial charge in [0.25, 0.3) is 0 Å². The molecule has 7 nitrogen and oxygen atoms in total. The van der Waals surface area contributed by atoms with Crippen molar-refractivity contribution in [1.82, 2.24) is 0 Å². The van der Waals surface area contributed by atoms with Crippen molar-refractivity contribution in [3.8, 4) is 0 Å². The standard InChI is InChI=1S/C11H20O4S.C4H9.3C2H6OS.H2S.Sn.H/c12-10(13)6-4-2-1-3-5-9(7-8-16)11(14)15;1-3-4-2;3*3-1-2-4;;;/h9,16H,1-8H2,(H,12,13)(H,14,15);1,3-4H2,2H3;3*3-4H,1-2H2;1H2;;. The van der Waals surface area contributed by atoms with Gasteiger partial charge in [0.05, 0.1) is 25.7 Å². The van der Waals surface area contributed by atoms with E-state index >= 15 is 0 Å². The molecule has 0 aliphatic heterocycles.